The zero-order valence-corrected chi connectivity index (χ0v) is 7.98. The Morgan fingerprint density at radius 3 is 3.08 bits per heavy atom. The first-order chi connectivity index (χ1) is 6.33. The maximum Gasteiger partial charge on any atom is 0.0623 e. The molecule has 0 aliphatic heterocycles. The molecule has 3 nitrogen and oxygen atoms in total. The van der Waals surface area contributed by atoms with Gasteiger partial charge in [-0.3, -0.25) is 4.68 Å². The predicted octanol–water partition coefficient (Wildman–Crippen LogP) is 1.53. The summed E-state index contributed by atoms with van der Waals surface area (Å²) in [7, 11) is 0. The Balaban J connectivity index is 2.23. The molecule has 0 saturated heterocycles. The summed E-state index contributed by atoms with van der Waals surface area (Å²) in [6.07, 6.45) is 4.86. The minimum atomic E-state index is -0.151. The van der Waals surface area contributed by atoms with E-state index in [4.69, 9.17) is 0 Å². The van der Waals surface area contributed by atoms with Gasteiger partial charge < -0.3 is 5.11 Å². The second kappa shape index (κ2) is 3.50. The predicted molar refractivity (Wildman–Crippen MR) is 50.5 cm³/mol. The Kier molecular flexibility index (Phi) is 2.36. The highest BCUT2D eigenvalue weighted by atomic mass is 16.3. The van der Waals surface area contributed by atoms with Gasteiger partial charge in [-0.1, -0.05) is 6.42 Å². The summed E-state index contributed by atoms with van der Waals surface area (Å²) in [5, 5.41) is 14.0. The molecule has 1 heterocycles. The van der Waals surface area contributed by atoms with Crippen molar-refractivity contribution in [3.63, 3.8) is 0 Å². The van der Waals surface area contributed by atoms with Crippen LogP contribution in [0.4, 0.5) is 0 Å². The van der Waals surface area contributed by atoms with Crippen LogP contribution in [0.2, 0.25) is 0 Å². The molecule has 1 aliphatic carbocycles. The summed E-state index contributed by atoms with van der Waals surface area (Å²) in [4.78, 5) is 0. The van der Waals surface area contributed by atoms with Gasteiger partial charge in [0.25, 0.3) is 0 Å². The van der Waals surface area contributed by atoms with Gasteiger partial charge in [0.15, 0.2) is 0 Å². The van der Waals surface area contributed by atoms with Gasteiger partial charge in [-0.25, -0.2) is 0 Å². The molecule has 0 radical (unpaired) electrons. The molecule has 1 aromatic rings. The van der Waals surface area contributed by atoms with Crippen LogP contribution < -0.4 is 0 Å². The Morgan fingerprint density at radius 1 is 1.62 bits per heavy atom. The van der Waals surface area contributed by atoms with Crippen molar-refractivity contribution in [2.75, 3.05) is 0 Å². The largest absolute Gasteiger partial charge is 0.392 e. The van der Waals surface area contributed by atoms with Crippen molar-refractivity contribution in [2.45, 2.75) is 44.8 Å². The minimum Gasteiger partial charge on any atom is -0.392 e. The van der Waals surface area contributed by atoms with Crippen molar-refractivity contribution in [2.24, 2.45) is 0 Å². The van der Waals surface area contributed by atoms with E-state index in [-0.39, 0.29) is 6.10 Å². The van der Waals surface area contributed by atoms with Crippen LogP contribution in [-0.2, 0) is 6.54 Å². The first-order valence-electron chi connectivity index (χ1n) is 5.02. The monoisotopic (exact) mass is 180 g/mol. The lowest BCUT2D eigenvalue weighted by molar-refractivity contribution is 0.160. The van der Waals surface area contributed by atoms with Gasteiger partial charge in [0, 0.05) is 24.4 Å². The molecule has 1 N–H and O–H groups in total. The topological polar surface area (TPSA) is 38.0 Å². The van der Waals surface area contributed by atoms with Gasteiger partial charge in [0.1, 0.15) is 0 Å². The number of aliphatic hydroxyl groups excluding tert-OH is 1. The lowest BCUT2D eigenvalue weighted by Gasteiger charge is -2.15. The average Bonchev–Trinajstić information content (AvgIpc) is 2.71. The van der Waals surface area contributed by atoms with Gasteiger partial charge in [-0.05, 0) is 25.8 Å². The Morgan fingerprint density at radius 2 is 2.46 bits per heavy atom. The molecule has 0 spiro atoms. The number of hydrogen-bond acceptors (Lipinski definition) is 2. The number of hydrogen-bond donors (Lipinski definition) is 1. The van der Waals surface area contributed by atoms with E-state index in [1.54, 1.807) is 0 Å². The van der Waals surface area contributed by atoms with Crippen molar-refractivity contribution in [3.8, 4) is 0 Å². The highest BCUT2D eigenvalue weighted by Crippen LogP contribution is 2.34. The molecular formula is C10H16N2O. The van der Waals surface area contributed by atoms with E-state index in [1.165, 1.54) is 5.69 Å². The van der Waals surface area contributed by atoms with Crippen molar-refractivity contribution in [1.82, 2.24) is 9.78 Å². The van der Waals surface area contributed by atoms with E-state index >= 15 is 0 Å². The first-order valence-corrected chi connectivity index (χ1v) is 5.02. The molecular weight excluding hydrogens is 164 g/mol. The summed E-state index contributed by atoms with van der Waals surface area (Å²) >= 11 is 0. The molecule has 1 aliphatic rings. The molecule has 2 rings (SSSR count). The second-order valence-corrected chi connectivity index (χ2v) is 3.68. The summed E-state index contributed by atoms with van der Waals surface area (Å²) in [5.74, 6) is 0.322. The maximum absolute atomic E-state index is 9.74. The van der Waals surface area contributed by atoms with Gasteiger partial charge in [-0.15, -0.1) is 0 Å². The van der Waals surface area contributed by atoms with E-state index < -0.39 is 0 Å². The molecule has 3 heteroatoms. The number of aromatic nitrogens is 2. The third kappa shape index (κ3) is 1.48. The van der Waals surface area contributed by atoms with E-state index in [2.05, 4.69) is 12.0 Å². The fourth-order valence-corrected chi connectivity index (χ4v) is 2.21. The summed E-state index contributed by atoms with van der Waals surface area (Å²) in [5.41, 5.74) is 1.20. The third-order valence-corrected chi connectivity index (χ3v) is 2.91. The molecule has 1 unspecified atom stereocenters. The SMILES string of the molecule is CCn1nccc1[C@H]1CCCC1O. The smallest absolute Gasteiger partial charge is 0.0623 e. The molecule has 1 aromatic heterocycles. The van der Waals surface area contributed by atoms with Crippen LogP contribution in [0.15, 0.2) is 12.3 Å². The van der Waals surface area contributed by atoms with Crippen molar-refractivity contribution < 1.29 is 5.11 Å². The molecule has 13 heavy (non-hydrogen) atoms. The minimum absolute atomic E-state index is 0.151. The van der Waals surface area contributed by atoms with Crippen LogP contribution in [0.25, 0.3) is 0 Å². The van der Waals surface area contributed by atoms with Crippen molar-refractivity contribution in [1.29, 1.82) is 0 Å². The lowest BCUT2D eigenvalue weighted by Crippen LogP contribution is -2.15. The molecule has 2 atom stereocenters. The molecule has 0 amide bonds. The lowest BCUT2D eigenvalue weighted by atomic mass is 10.0. The van der Waals surface area contributed by atoms with Crippen LogP contribution in [0.1, 0.15) is 37.8 Å². The number of nitrogens with zero attached hydrogens (tertiary/aromatic N) is 2. The van der Waals surface area contributed by atoms with Gasteiger partial charge >= 0.3 is 0 Å². The zero-order valence-electron chi connectivity index (χ0n) is 7.98. The highest BCUT2D eigenvalue weighted by molar-refractivity contribution is 5.11. The summed E-state index contributed by atoms with van der Waals surface area (Å²) < 4.78 is 1.99. The number of aliphatic hydroxyl groups is 1. The molecule has 0 bridgehead atoms. The molecule has 1 fully saturated rings. The summed E-state index contributed by atoms with van der Waals surface area (Å²) in [6.45, 7) is 2.98. The highest BCUT2D eigenvalue weighted by Gasteiger charge is 2.28. The standard InChI is InChI=1S/C10H16N2O/c1-2-12-9(6-7-11-12)8-4-3-5-10(8)13/h6-8,10,13H,2-5H2,1H3/t8-,10?/m1/s1. The fourth-order valence-electron chi connectivity index (χ4n) is 2.21. The quantitative estimate of drug-likeness (QED) is 0.749. The fraction of sp³-hybridized carbons (Fsp3) is 0.700. The van der Waals surface area contributed by atoms with Crippen LogP contribution in [0, 0.1) is 0 Å². The van der Waals surface area contributed by atoms with Crippen molar-refractivity contribution >= 4 is 0 Å². The zero-order chi connectivity index (χ0) is 9.26. The number of aryl methyl sites for hydroxylation is 1. The van der Waals surface area contributed by atoms with Crippen molar-refractivity contribution in [3.05, 3.63) is 18.0 Å². The van der Waals surface area contributed by atoms with Crippen LogP contribution >= 0.6 is 0 Å². The molecule has 1 saturated carbocycles. The van der Waals surface area contributed by atoms with Gasteiger partial charge in [0.2, 0.25) is 0 Å². The first kappa shape index (κ1) is 8.75. The van der Waals surface area contributed by atoms with Gasteiger partial charge in [-0.2, -0.15) is 5.10 Å². The average molecular weight is 180 g/mol. The van der Waals surface area contributed by atoms with E-state index in [1.807, 2.05) is 16.9 Å². The van der Waals surface area contributed by atoms with E-state index in [9.17, 15) is 5.11 Å². The third-order valence-electron chi connectivity index (χ3n) is 2.91. The number of rotatable bonds is 2. The Labute approximate surface area is 78.4 Å². The molecule has 72 valence electrons. The van der Waals surface area contributed by atoms with E-state index in [0.29, 0.717) is 5.92 Å². The van der Waals surface area contributed by atoms with Crippen LogP contribution in [0.3, 0.4) is 0 Å². The normalized spacial score (nSPS) is 28.2. The Bertz CT molecular complexity index is 282. The second-order valence-electron chi connectivity index (χ2n) is 3.68. The molecule has 0 aromatic carbocycles. The van der Waals surface area contributed by atoms with Crippen LogP contribution in [-0.4, -0.2) is 21.0 Å². The van der Waals surface area contributed by atoms with Gasteiger partial charge in [0.05, 0.1) is 6.10 Å². The Hall–Kier alpha value is -0.830. The maximum atomic E-state index is 9.74. The van der Waals surface area contributed by atoms with Crippen LogP contribution in [0.5, 0.6) is 0 Å². The summed E-state index contributed by atoms with van der Waals surface area (Å²) in [6, 6.07) is 2.03. The van der Waals surface area contributed by atoms with E-state index in [0.717, 1.165) is 25.8 Å².